The maximum Gasteiger partial charge on any atom is 0.266 e. The van der Waals surface area contributed by atoms with Gasteiger partial charge in [-0.3, -0.25) is 9.69 Å². The van der Waals surface area contributed by atoms with E-state index in [2.05, 4.69) is 0 Å². The number of morpholine rings is 1. The topological polar surface area (TPSA) is 94.0 Å². The number of rotatable bonds is 7. The van der Waals surface area contributed by atoms with Crippen LogP contribution in [-0.4, -0.2) is 83.2 Å². The number of hydrogen-bond acceptors (Lipinski definition) is 8. The van der Waals surface area contributed by atoms with Gasteiger partial charge in [0.2, 0.25) is 10.0 Å². The maximum absolute atomic E-state index is 13.3. The van der Waals surface area contributed by atoms with Crippen molar-refractivity contribution in [3.8, 4) is 16.9 Å². The van der Waals surface area contributed by atoms with E-state index < -0.39 is 10.0 Å². The molecule has 208 valence electrons. The highest BCUT2D eigenvalue weighted by Gasteiger charge is 2.35. The molecule has 1 atom stereocenters. The van der Waals surface area contributed by atoms with Gasteiger partial charge in [0.25, 0.3) is 5.91 Å². The molecule has 9 nitrogen and oxygen atoms in total. The van der Waals surface area contributed by atoms with Gasteiger partial charge in [0.15, 0.2) is 0 Å². The second-order valence-electron chi connectivity index (χ2n) is 9.68. The second kappa shape index (κ2) is 11.6. The van der Waals surface area contributed by atoms with Crippen molar-refractivity contribution < 1.29 is 22.7 Å². The fourth-order valence-corrected chi connectivity index (χ4v) is 7.62. The Hall–Kier alpha value is -2.87. The second-order valence-corrected chi connectivity index (χ2v) is 13.3. The van der Waals surface area contributed by atoms with Crippen LogP contribution in [0.1, 0.15) is 18.4 Å². The zero-order valence-corrected chi connectivity index (χ0v) is 24.1. The summed E-state index contributed by atoms with van der Waals surface area (Å²) in [5, 5.41) is 4.83. The summed E-state index contributed by atoms with van der Waals surface area (Å²) in [7, 11) is -3.62. The molecule has 0 N–H and O–H groups in total. The quantitative estimate of drug-likeness (QED) is 0.299. The summed E-state index contributed by atoms with van der Waals surface area (Å²) in [6.45, 7) is 2.61. The Morgan fingerprint density at radius 3 is 2.50 bits per heavy atom. The molecule has 12 heteroatoms. The molecule has 0 unspecified atom stereocenters. The molecule has 3 aromatic rings. The van der Waals surface area contributed by atoms with E-state index in [1.807, 2.05) is 42.6 Å². The monoisotopic (exact) mass is 596 g/mol. The first-order chi connectivity index (χ1) is 19.4. The van der Waals surface area contributed by atoms with E-state index in [4.69, 9.17) is 26.8 Å². The molecule has 0 bridgehead atoms. The highest BCUT2D eigenvalue weighted by atomic mass is 32.2. The number of aromatic nitrogens is 2. The summed E-state index contributed by atoms with van der Waals surface area (Å²) in [5.74, 6) is -0.143. The molecule has 40 heavy (non-hydrogen) atoms. The van der Waals surface area contributed by atoms with Gasteiger partial charge in [-0.15, -0.1) is 0 Å². The predicted octanol–water partition coefficient (Wildman–Crippen LogP) is 3.94. The standard InChI is InChI=1S/C28H28N4O5S3/c33-27-25(39-28(38)31(27)19-23-7-4-14-37-23)17-21-18-32(22-5-2-1-3-6-22)29-26(21)20-8-10-24(11-9-20)40(34,35)30-12-15-36-16-13-30/h1-3,5-6,8-11,17-18,23H,4,7,12-16,19H2/b25-17+/t23-/m1/s1. The summed E-state index contributed by atoms with van der Waals surface area (Å²) in [6.07, 6.45) is 5.60. The van der Waals surface area contributed by atoms with E-state index >= 15 is 0 Å². The lowest BCUT2D eigenvalue weighted by Crippen LogP contribution is -2.40. The Morgan fingerprint density at radius 1 is 1.05 bits per heavy atom. The largest absolute Gasteiger partial charge is 0.379 e. The number of amides is 1. The van der Waals surface area contributed by atoms with Crippen LogP contribution in [-0.2, 0) is 24.3 Å². The lowest BCUT2D eigenvalue weighted by atomic mass is 10.1. The number of thioether (sulfide) groups is 1. The molecule has 0 aliphatic carbocycles. The van der Waals surface area contributed by atoms with Crippen LogP contribution in [0.3, 0.4) is 0 Å². The van der Waals surface area contributed by atoms with Crippen LogP contribution in [0.5, 0.6) is 0 Å². The number of para-hydroxylation sites is 1. The summed E-state index contributed by atoms with van der Waals surface area (Å²) in [6, 6.07) is 16.4. The minimum Gasteiger partial charge on any atom is -0.379 e. The molecule has 0 saturated carbocycles. The highest BCUT2D eigenvalue weighted by Crippen LogP contribution is 2.36. The Morgan fingerprint density at radius 2 is 1.80 bits per heavy atom. The van der Waals surface area contributed by atoms with E-state index in [1.165, 1.54) is 16.1 Å². The molecule has 0 spiro atoms. The summed E-state index contributed by atoms with van der Waals surface area (Å²) < 4.78 is 41.0. The Bertz CT molecular complexity index is 1540. The number of carbonyl (C=O) groups is 1. The maximum atomic E-state index is 13.3. The van der Waals surface area contributed by atoms with Gasteiger partial charge in [-0.25, -0.2) is 13.1 Å². The van der Waals surface area contributed by atoms with Crippen LogP contribution in [0, 0.1) is 0 Å². The van der Waals surface area contributed by atoms with Gasteiger partial charge in [-0.05, 0) is 43.2 Å². The van der Waals surface area contributed by atoms with Gasteiger partial charge in [0.05, 0.1) is 47.0 Å². The number of hydrogen-bond donors (Lipinski definition) is 0. The van der Waals surface area contributed by atoms with Crippen molar-refractivity contribution in [2.24, 2.45) is 0 Å². The molecule has 3 aliphatic heterocycles. The lowest BCUT2D eigenvalue weighted by molar-refractivity contribution is -0.123. The van der Waals surface area contributed by atoms with Crippen molar-refractivity contribution in [3.63, 3.8) is 0 Å². The highest BCUT2D eigenvalue weighted by molar-refractivity contribution is 8.26. The van der Waals surface area contributed by atoms with Crippen LogP contribution in [0.15, 0.2) is 70.6 Å². The fourth-order valence-electron chi connectivity index (χ4n) is 4.94. The number of thiocarbonyl (C=S) groups is 1. The van der Waals surface area contributed by atoms with Crippen LogP contribution < -0.4 is 0 Å². The van der Waals surface area contributed by atoms with Crippen molar-refractivity contribution in [2.75, 3.05) is 39.5 Å². The van der Waals surface area contributed by atoms with Gasteiger partial charge < -0.3 is 9.47 Å². The van der Waals surface area contributed by atoms with Crippen molar-refractivity contribution in [2.45, 2.75) is 23.8 Å². The van der Waals surface area contributed by atoms with E-state index in [0.717, 1.165) is 29.7 Å². The minimum absolute atomic E-state index is 0.00509. The molecule has 3 fully saturated rings. The summed E-state index contributed by atoms with van der Waals surface area (Å²) in [4.78, 5) is 15.7. The summed E-state index contributed by atoms with van der Waals surface area (Å²) in [5.41, 5.74) is 2.95. The number of nitrogens with zero attached hydrogens (tertiary/aromatic N) is 4. The number of ether oxygens (including phenoxy) is 2. The molecule has 1 amide bonds. The van der Waals surface area contributed by atoms with Crippen LogP contribution >= 0.6 is 24.0 Å². The third-order valence-corrected chi connectivity index (χ3v) is 10.4. The van der Waals surface area contributed by atoms with Crippen LogP contribution in [0.25, 0.3) is 23.0 Å². The number of carbonyl (C=O) groups excluding carboxylic acids is 1. The lowest BCUT2D eigenvalue weighted by Gasteiger charge is -2.26. The third-order valence-electron chi connectivity index (χ3n) is 7.07. The average molecular weight is 597 g/mol. The van der Waals surface area contributed by atoms with Gasteiger partial charge in [-0.1, -0.05) is 54.3 Å². The van der Waals surface area contributed by atoms with Gasteiger partial charge >= 0.3 is 0 Å². The van der Waals surface area contributed by atoms with Gasteiger partial charge in [0.1, 0.15) is 4.32 Å². The molecule has 6 rings (SSSR count). The zero-order valence-electron chi connectivity index (χ0n) is 21.6. The molecule has 2 aromatic carbocycles. The van der Waals surface area contributed by atoms with E-state index in [9.17, 15) is 13.2 Å². The van der Waals surface area contributed by atoms with E-state index in [0.29, 0.717) is 54.4 Å². The molecular weight excluding hydrogens is 569 g/mol. The molecule has 0 radical (unpaired) electrons. The van der Waals surface area contributed by atoms with E-state index in [-0.39, 0.29) is 16.9 Å². The molecule has 1 aromatic heterocycles. The van der Waals surface area contributed by atoms with Crippen molar-refractivity contribution in [1.29, 1.82) is 0 Å². The van der Waals surface area contributed by atoms with Crippen LogP contribution in [0.4, 0.5) is 0 Å². The first-order valence-corrected chi connectivity index (χ1v) is 15.8. The van der Waals surface area contributed by atoms with Gasteiger partial charge in [-0.2, -0.15) is 9.40 Å². The van der Waals surface area contributed by atoms with Crippen LogP contribution in [0.2, 0.25) is 0 Å². The van der Waals surface area contributed by atoms with Crippen molar-refractivity contribution in [3.05, 3.63) is 71.3 Å². The predicted molar refractivity (Wildman–Crippen MR) is 157 cm³/mol. The molecule has 4 heterocycles. The SMILES string of the molecule is O=C1/C(=C\c2cn(-c3ccccc3)nc2-c2ccc(S(=O)(=O)N3CCOCC3)cc2)SC(=S)N1C[C@H]1CCCO1. The first kappa shape index (κ1) is 27.3. The normalized spacial score (nSPS) is 21.6. The van der Waals surface area contributed by atoms with E-state index in [1.54, 1.807) is 33.8 Å². The Labute approximate surface area is 242 Å². The average Bonchev–Trinajstić information content (AvgIpc) is 3.72. The fraction of sp³-hybridized carbons (Fsp3) is 0.321. The van der Waals surface area contributed by atoms with Gasteiger partial charge in [0, 0.05) is 37.0 Å². The summed E-state index contributed by atoms with van der Waals surface area (Å²) >= 11 is 6.81. The van der Waals surface area contributed by atoms with Crippen molar-refractivity contribution in [1.82, 2.24) is 19.0 Å². The molecule has 3 saturated heterocycles. The number of benzene rings is 2. The number of sulfonamides is 1. The third kappa shape index (κ3) is 5.52. The Kier molecular flexibility index (Phi) is 7.89. The Balaban J connectivity index is 1.33. The molecule has 3 aliphatic rings. The van der Waals surface area contributed by atoms with Crippen molar-refractivity contribution >= 4 is 50.3 Å². The minimum atomic E-state index is -3.62. The zero-order chi connectivity index (χ0) is 27.7. The molecular formula is C28H28N4O5S3. The smallest absolute Gasteiger partial charge is 0.266 e. The first-order valence-electron chi connectivity index (χ1n) is 13.1.